The molecule has 1 heterocycles. The first kappa shape index (κ1) is 11.3. The Morgan fingerprint density at radius 3 is 2.64 bits per heavy atom. The third kappa shape index (κ3) is 2.38. The van der Waals surface area contributed by atoms with E-state index in [0.29, 0.717) is 5.69 Å². The van der Waals surface area contributed by atoms with Crippen molar-refractivity contribution in [2.75, 3.05) is 6.54 Å². The first-order valence-corrected chi connectivity index (χ1v) is 5.50. The highest BCUT2D eigenvalue weighted by molar-refractivity contribution is 9.10. The smallest absolute Gasteiger partial charge is 0.270 e. The summed E-state index contributed by atoms with van der Waals surface area (Å²) in [5.74, 6) is 0.0493. The third-order valence-electron chi connectivity index (χ3n) is 2.10. The van der Waals surface area contributed by atoms with Gasteiger partial charge in [0.05, 0.1) is 0 Å². The lowest BCUT2D eigenvalue weighted by molar-refractivity contribution is 0.0711. The number of halogens is 1. The lowest BCUT2D eigenvalue weighted by Crippen LogP contribution is -2.36. The fraction of sp³-hybridized carbons (Fsp3) is 0.500. The quantitative estimate of drug-likeness (QED) is 0.890. The molecule has 0 unspecified atom stereocenters. The average Bonchev–Trinajstić information content (AvgIpc) is 2.52. The minimum absolute atomic E-state index is 0.0493. The van der Waals surface area contributed by atoms with Crippen LogP contribution in [0.2, 0.25) is 0 Å². The molecule has 0 bridgehead atoms. The number of carbonyl (C=O) groups is 1. The van der Waals surface area contributed by atoms with Gasteiger partial charge < -0.3 is 9.88 Å². The van der Waals surface area contributed by atoms with E-state index in [-0.39, 0.29) is 11.9 Å². The van der Waals surface area contributed by atoms with Crippen LogP contribution in [0.15, 0.2) is 16.7 Å². The van der Waals surface area contributed by atoms with Crippen LogP contribution >= 0.6 is 15.9 Å². The lowest BCUT2D eigenvalue weighted by atomic mass is 10.3. The van der Waals surface area contributed by atoms with Gasteiger partial charge in [-0.2, -0.15) is 0 Å². The summed E-state index contributed by atoms with van der Waals surface area (Å²) < 4.78 is 0.903. The van der Waals surface area contributed by atoms with Crippen molar-refractivity contribution >= 4 is 21.8 Å². The van der Waals surface area contributed by atoms with Crippen molar-refractivity contribution in [3.63, 3.8) is 0 Å². The highest BCUT2D eigenvalue weighted by atomic mass is 79.9. The van der Waals surface area contributed by atoms with Gasteiger partial charge in [-0.3, -0.25) is 4.79 Å². The first-order valence-electron chi connectivity index (χ1n) is 4.71. The van der Waals surface area contributed by atoms with E-state index < -0.39 is 0 Å². The van der Waals surface area contributed by atoms with Gasteiger partial charge in [-0.1, -0.05) is 0 Å². The molecule has 1 aromatic rings. The van der Waals surface area contributed by atoms with Gasteiger partial charge in [0.1, 0.15) is 5.69 Å². The minimum atomic E-state index is 0.0493. The van der Waals surface area contributed by atoms with Gasteiger partial charge in [0.25, 0.3) is 5.91 Å². The fourth-order valence-corrected chi connectivity index (χ4v) is 1.73. The summed E-state index contributed by atoms with van der Waals surface area (Å²) in [6, 6.07) is 2.03. The number of aromatic nitrogens is 1. The van der Waals surface area contributed by atoms with E-state index in [1.807, 2.05) is 25.7 Å². The number of carbonyl (C=O) groups excluding carboxylic acids is 1. The van der Waals surface area contributed by atoms with Gasteiger partial charge in [-0.05, 0) is 42.8 Å². The molecule has 1 amide bonds. The standard InChI is InChI=1S/C10H15BrN2O/c1-4-13(7(2)3)10(14)9-5-8(11)6-12-9/h5-7,12H,4H2,1-3H3. The van der Waals surface area contributed by atoms with E-state index >= 15 is 0 Å². The normalized spacial score (nSPS) is 10.6. The molecule has 4 heteroatoms. The van der Waals surface area contributed by atoms with Crippen LogP contribution in [0.5, 0.6) is 0 Å². The summed E-state index contributed by atoms with van der Waals surface area (Å²) in [6.45, 7) is 6.74. The van der Waals surface area contributed by atoms with Gasteiger partial charge in [-0.25, -0.2) is 0 Å². The fourth-order valence-electron chi connectivity index (χ4n) is 1.39. The Balaban J connectivity index is 2.83. The van der Waals surface area contributed by atoms with E-state index in [1.54, 1.807) is 12.3 Å². The van der Waals surface area contributed by atoms with Crippen LogP contribution in [0.25, 0.3) is 0 Å². The van der Waals surface area contributed by atoms with Crippen molar-refractivity contribution in [1.82, 2.24) is 9.88 Å². The second-order valence-corrected chi connectivity index (χ2v) is 4.33. The molecule has 0 radical (unpaired) electrons. The number of H-pyrrole nitrogens is 1. The number of nitrogens with zero attached hydrogens (tertiary/aromatic N) is 1. The van der Waals surface area contributed by atoms with E-state index in [9.17, 15) is 4.79 Å². The highest BCUT2D eigenvalue weighted by Crippen LogP contribution is 2.13. The van der Waals surface area contributed by atoms with Gasteiger partial charge in [-0.15, -0.1) is 0 Å². The molecular weight excluding hydrogens is 244 g/mol. The molecule has 14 heavy (non-hydrogen) atoms. The summed E-state index contributed by atoms with van der Waals surface area (Å²) in [6.07, 6.45) is 1.77. The first-order chi connectivity index (χ1) is 6.56. The Bertz CT molecular complexity index is 320. The van der Waals surface area contributed by atoms with E-state index in [4.69, 9.17) is 0 Å². The van der Waals surface area contributed by atoms with Gasteiger partial charge in [0.2, 0.25) is 0 Å². The molecule has 0 aliphatic rings. The number of nitrogens with one attached hydrogen (secondary N) is 1. The molecule has 78 valence electrons. The SMILES string of the molecule is CCN(C(=O)c1cc(Br)c[nH]1)C(C)C. The number of amides is 1. The number of hydrogen-bond donors (Lipinski definition) is 1. The summed E-state index contributed by atoms with van der Waals surface area (Å²) in [5, 5.41) is 0. The van der Waals surface area contributed by atoms with Crippen molar-refractivity contribution in [2.45, 2.75) is 26.8 Å². The Kier molecular flexibility index (Phi) is 3.75. The maximum absolute atomic E-state index is 11.9. The Morgan fingerprint density at radius 2 is 2.29 bits per heavy atom. The third-order valence-corrected chi connectivity index (χ3v) is 2.56. The zero-order valence-electron chi connectivity index (χ0n) is 8.67. The molecule has 0 aliphatic carbocycles. The average molecular weight is 259 g/mol. The van der Waals surface area contributed by atoms with Crippen LogP contribution in [-0.4, -0.2) is 28.4 Å². The summed E-state index contributed by atoms with van der Waals surface area (Å²) in [7, 11) is 0. The number of rotatable bonds is 3. The Labute approximate surface area is 92.6 Å². The van der Waals surface area contributed by atoms with Crippen LogP contribution in [0, 0.1) is 0 Å². The van der Waals surface area contributed by atoms with Crippen molar-refractivity contribution in [2.24, 2.45) is 0 Å². The summed E-state index contributed by atoms with van der Waals surface area (Å²) in [5.41, 5.74) is 0.632. The van der Waals surface area contributed by atoms with Crippen LogP contribution in [0.4, 0.5) is 0 Å². The van der Waals surface area contributed by atoms with E-state index in [2.05, 4.69) is 20.9 Å². The second-order valence-electron chi connectivity index (χ2n) is 3.42. The predicted octanol–water partition coefficient (Wildman–Crippen LogP) is 2.65. The van der Waals surface area contributed by atoms with Gasteiger partial charge in [0.15, 0.2) is 0 Å². The molecule has 1 aromatic heterocycles. The lowest BCUT2D eigenvalue weighted by Gasteiger charge is -2.24. The molecule has 1 N–H and O–H groups in total. The van der Waals surface area contributed by atoms with Crippen molar-refractivity contribution in [1.29, 1.82) is 0 Å². The number of hydrogen-bond acceptors (Lipinski definition) is 1. The molecule has 0 aliphatic heterocycles. The molecule has 3 nitrogen and oxygen atoms in total. The van der Waals surface area contributed by atoms with Crippen LogP contribution in [0.1, 0.15) is 31.3 Å². The predicted molar refractivity (Wildman–Crippen MR) is 60.3 cm³/mol. The Hall–Kier alpha value is -0.770. The molecule has 0 atom stereocenters. The van der Waals surface area contributed by atoms with Crippen molar-refractivity contribution < 1.29 is 4.79 Å². The zero-order chi connectivity index (χ0) is 10.7. The topological polar surface area (TPSA) is 36.1 Å². The van der Waals surface area contributed by atoms with Crippen LogP contribution in [-0.2, 0) is 0 Å². The molecule has 1 rings (SSSR count). The molecule has 0 aromatic carbocycles. The zero-order valence-corrected chi connectivity index (χ0v) is 10.3. The molecule has 0 saturated carbocycles. The van der Waals surface area contributed by atoms with E-state index in [1.165, 1.54) is 0 Å². The van der Waals surface area contributed by atoms with Crippen molar-refractivity contribution in [3.05, 3.63) is 22.4 Å². The van der Waals surface area contributed by atoms with Crippen LogP contribution in [0.3, 0.4) is 0 Å². The van der Waals surface area contributed by atoms with E-state index in [0.717, 1.165) is 11.0 Å². The summed E-state index contributed by atoms with van der Waals surface area (Å²) >= 11 is 3.31. The number of aromatic amines is 1. The van der Waals surface area contributed by atoms with Crippen LogP contribution < -0.4 is 0 Å². The highest BCUT2D eigenvalue weighted by Gasteiger charge is 2.17. The largest absolute Gasteiger partial charge is 0.356 e. The monoisotopic (exact) mass is 258 g/mol. The molecule has 0 spiro atoms. The maximum Gasteiger partial charge on any atom is 0.270 e. The summed E-state index contributed by atoms with van der Waals surface area (Å²) in [4.78, 5) is 16.7. The molecular formula is C10H15BrN2O. The molecule has 0 fully saturated rings. The maximum atomic E-state index is 11.9. The second kappa shape index (κ2) is 4.64. The van der Waals surface area contributed by atoms with Crippen molar-refractivity contribution in [3.8, 4) is 0 Å². The van der Waals surface area contributed by atoms with Gasteiger partial charge >= 0.3 is 0 Å². The molecule has 0 saturated heterocycles. The minimum Gasteiger partial charge on any atom is -0.356 e. The van der Waals surface area contributed by atoms with Gasteiger partial charge in [0, 0.05) is 23.3 Å². The Morgan fingerprint density at radius 1 is 1.64 bits per heavy atom.